The summed E-state index contributed by atoms with van der Waals surface area (Å²) in [5.41, 5.74) is 0. The van der Waals surface area contributed by atoms with Gasteiger partial charge in [0.25, 0.3) is 0 Å². The molecule has 0 spiro atoms. The lowest BCUT2D eigenvalue weighted by molar-refractivity contribution is -0.129. The van der Waals surface area contributed by atoms with E-state index in [1.165, 1.54) is 0 Å². The predicted octanol–water partition coefficient (Wildman–Crippen LogP) is 0.166. The smallest absolute Gasteiger partial charge is 0.242 e. The van der Waals surface area contributed by atoms with E-state index in [9.17, 15) is 9.59 Å². The molecule has 2 N–H and O–H groups in total. The highest BCUT2D eigenvalue weighted by molar-refractivity contribution is 9.09. The Bertz CT molecular complexity index is 208. The minimum absolute atomic E-state index is 0.0610. The van der Waals surface area contributed by atoms with Crippen molar-refractivity contribution in [2.75, 3.05) is 11.9 Å². The first-order chi connectivity index (χ1) is 6.24. The van der Waals surface area contributed by atoms with E-state index in [-0.39, 0.29) is 17.9 Å². The van der Waals surface area contributed by atoms with Crippen LogP contribution in [-0.4, -0.2) is 29.7 Å². The Labute approximate surface area is 85.6 Å². The Kier molecular flexibility index (Phi) is 4.21. The van der Waals surface area contributed by atoms with Gasteiger partial charge in [-0.1, -0.05) is 15.9 Å². The Morgan fingerprint density at radius 2 is 2.46 bits per heavy atom. The van der Waals surface area contributed by atoms with E-state index >= 15 is 0 Å². The zero-order valence-corrected chi connectivity index (χ0v) is 8.89. The Balaban J connectivity index is 2.33. The second kappa shape index (κ2) is 5.21. The number of alkyl halides is 1. The topological polar surface area (TPSA) is 58.2 Å². The number of piperidine rings is 1. The first kappa shape index (κ1) is 10.5. The highest BCUT2D eigenvalue weighted by Crippen LogP contribution is 2.03. The molecule has 0 saturated carbocycles. The second-order valence-electron chi connectivity index (χ2n) is 2.99. The number of carbonyl (C=O) groups excluding carboxylic acids is 2. The Morgan fingerprint density at radius 3 is 3.08 bits per heavy atom. The van der Waals surface area contributed by atoms with Crippen LogP contribution >= 0.6 is 15.9 Å². The lowest BCUT2D eigenvalue weighted by atomic mass is 10.1. The summed E-state index contributed by atoms with van der Waals surface area (Å²) in [5.74, 6) is -0.131. The minimum Gasteiger partial charge on any atom is -0.354 e. The molecule has 2 amide bonds. The molecule has 1 unspecified atom stereocenters. The number of rotatable bonds is 3. The predicted molar refractivity (Wildman–Crippen MR) is 52.6 cm³/mol. The SMILES string of the molecule is O=C(CCBr)NC1CCCNC1=O. The van der Waals surface area contributed by atoms with Crippen molar-refractivity contribution in [2.45, 2.75) is 25.3 Å². The van der Waals surface area contributed by atoms with Gasteiger partial charge in [0.05, 0.1) is 0 Å². The fourth-order valence-corrected chi connectivity index (χ4v) is 1.62. The quantitative estimate of drug-likeness (QED) is 0.700. The molecule has 1 saturated heterocycles. The number of nitrogens with one attached hydrogen (secondary N) is 2. The van der Waals surface area contributed by atoms with E-state index in [0.29, 0.717) is 11.8 Å². The minimum atomic E-state index is -0.319. The van der Waals surface area contributed by atoms with Crippen molar-refractivity contribution in [3.63, 3.8) is 0 Å². The molecule has 0 aromatic heterocycles. The molecule has 0 aliphatic carbocycles. The average molecular weight is 249 g/mol. The Hall–Kier alpha value is -0.580. The molecule has 5 heteroatoms. The fraction of sp³-hybridized carbons (Fsp3) is 0.750. The van der Waals surface area contributed by atoms with Gasteiger partial charge in [-0.3, -0.25) is 9.59 Å². The van der Waals surface area contributed by atoms with E-state index in [1.807, 2.05) is 0 Å². The van der Waals surface area contributed by atoms with Gasteiger partial charge in [-0.15, -0.1) is 0 Å². The van der Waals surface area contributed by atoms with Crippen LogP contribution in [0.3, 0.4) is 0 Å². The van der Waals surface area contributed by atoms with E-state index in [4.69, 9.17) is 0 Å². The van der Waals surface area contributed by atoms with Crippen molar-refractivity contribution in [3.05, 3.63) is 0 Å². The monoisotopic (exact) mass is 248 g/mol. The Morgan fingerprint density at radius 1 is 1.69 bits per heavy atom. The highest BCUT2D eigenvalue weighted by Gasteiger charge is 2.22. The van der Waals surface area contributed by atoms with Gasteiger partial charge in [0.15, 0.2) is 0 Å². The molecule has 1 aliphatic rings. The molecule has 13 heavy (non-hydrogen) atoms. The molecular weight excluding hydrogens is 236 g/mol. The lowest BCUT2D eigenvalue weighted by Crippen LogP contribution is -2.50. The molecule has 1 rings (SSSR count). The molecule has 1 heterocycles. The third-order valence-corrected chi connectivity index (χ3v) is 2.34. The van der Waals surface area contributed by atoms with Crippen LogP contribution in [0.25, 0.3) is 0 Å². The number of carbonyl (C=O) groups is 2. The second-order valence-corrected chi connectivity index (χ2v) is 3.79. The summed E-state index contributed by atoms with van der Waals surface area (Å²) in [5, 5.41) is 6.03. The highest BCUT2D eigenvalue weighted by atomic mass is 79.9. The maximum absolute atomic E-state index is 11.2. The first-order valence-electron chi connectivity index (χ1n) is 4.37. The molecule has 4 nitrogen and oxygen atoms in total. The zero-order valence-electron chi connectivity index (χ0n) is 7.31. The van der Waals surface area contributed by atoms with Gasteiger partial charge in [-0.25, -0.2) is 0 Å². The van der Waals surface area contributed by atoms with Crippen molar-refractivity contribution >= 4 is 27.7 Å². The molecule has 0 aromatic rings. The van der Waals surface area contributed by atoms with Crippen molar-refractivity contribution in [1.82, 2.24) is 10.6 Å². The maximum Gasteiger partial charge on any atom is 0.242 e. The molecule has 1 aliphatic heterocycles. The van der Waals surface area contributed by atoms with Gasteiger partial charge in [0.2, 0.25) is 11.8 Å². The zero-order chi connectivity index (χ0) is 9.68. The molecule has 1 fully saturated rings. The summed E-state index contributed by atoms with van der Waals surface area (Å²) < 4.78 is 0. The number of amides is 2. The summed E-state index contributed by atoms with van der Waals surface area (Å²) in [6, 6.07) is -0.319. The first-order valence-corrected chi connectivity index (χ1v) is 5.49. The summed E-state index contributed by atoms with van der Waals surface area (Å²) in [4.78, 5) is 22.3. The summed E-state index contributed by atoms with van der Waals surface area (Å²) in [7, 11) is 0. The van der Waals surface area contributed by atoms with Crippen molar-refractivity contribution in [3.8, 4) is 0 Å². The molecule has 1 atom stereocenters. The molecule has 0 bridgehead atoms. The van der Waals surface area contributed by atoms with Crippen LogP contribution in [0, 0.1) is 0 Å². The van der Waals surface area contributed by atoms with Gasteiger partial charge in [-0.2, -0.15) is 0 Å². The normalized spacial score (nSPS) is 22.2. The molecule has 0 radical (unpaired) electrons. The maximum atomic E-state index is 11.2. The van der Waals surface area contributed by atoms with Gasteiger partial charge in [0, 0.05) is 18.3 Å². The van der Waals surface area contributed by atoms with Gasteiger partial charge in [-0.05, 0) is 12.8 Å². The summed E-state index contributed by atoms with van der Waals surface area (Å²) >= 11 is 3.17. The average Bonchev–Trinajstić information content (AvgIpc) is 2.09. The third kappa shape index (κ3) is 3.34. The van der Waals surface area contributed by atoms with E-state index in [0.717, 1.165) is 19.4 Å². The summed E-state index contributed by atoms with van der Waals surface area (Å²) in [6.07, 6.45) is 2.11. The van der Waals surface area contributed by atoms with Crippen LogP contribution in [0.15, 0.2) is 0 Å². The molecule has 74 valence electrons. The van der Waals surface area contributed by atoms with Gasteiger partial charge >= 0.3 is 0 Å². The van der Waals surface area contributed by atoms with Crippen molar-refractivity contribution < 1.29 is 9.59 Å². The number of hydrogen-bond acceptors (Lipinski definition) is 2. The van der Waals surface area contributed by atoms with E-state index in [1.54, 1.807) is 0 Å². The van der Waals surface area contributed by atoms with Crippen LogP contribution in [0.5, 0.6) is 0 Å². The number of hydrogen-bond donors (Lipinski definition) is 2. The van der Waals surface area contributed by atoms with Crippen LogP contribution in [-0.2, 0) is 9.59 Å². The molecular formula is C8H13BrN2O2. The van der Waals surface area contributed by atoms with Crippen molar-refractivity contribution in [2.24, 2.45) is 0 Å². The van der Waals surface area contributed by atoms with Gasteiger partial charge < -0.3 is 10.6 Å². The third-order valence-electron chi connectivity index (χ3n) is 1.94. The van der Waals surface area contributed by atoms with Crippen LogP contribution < -0.4 is 10.6 Å². The standard InChI is InChI=1S/C8H13BrN2O2/c9-4-3-7(12)11-6-2-1-5-10-8(6)13/h6H,1-5H2,(H,10,13)(H,11,12). The van der Waals surface area contributed by atoms with Crippen LogP contribution in [0.4, 0.5) is 0 Å². The number of halogens is 1. The van der Waals surface area contributed by atoms with E-state index < -0.39 is 0 Å². The lowest BCUT2D eigenvalue weighted by Gasteiger charge is -2.22. The van der Waals surface area contributed by atoms with Gasteiger partial charge in [0.1, 0.15) is 6.04 Å². The molecule has 0 aromatic carbocycles. The fourth-order valence-electron chi connectivity index (χ4n) is 1.26. The largest absolute Gasteiger partial charge is 0.354 e. The van der Waals surface area contributed by atoms with Crippen LogP contribution in [0.1, 0.15) is 19.3 Å². The van der Waals surface area contributed by atoms with Crippen LogP contribution in [0.2, 0.25) is 0 Å². The van der Waals surface area contributed by atoms with Crippen molar-refractivity contribution in [1.29, 1.82) is 0 Å². The summed E-state index contributed by atoms with van der Waals surface area (Å²) in [6.45, 7) is 0.726. The van der Waals surface area contributed by atoms with E-state index in [2.05, 4.69) is 26.6 Å².